The second-order valence-electron chi connectivity index (χ2n) is 5.09. The van der Waals surface area contributed by atoms with Gasteiger partial charge in [-0.05, 0) is 58.9 Å². The Morgan fingerprint density at radius 3 is 2.42 bits per heavy atom. The predicted octanol–water partition coefficient (Wildman–Crippen LogP) is 4.62. The molecule has 0 N–H and O–H groups in total. The average Bonchev–Trinajstić information content (AvgIpc) is 2.59. The van der Waals surface area contributed by atoms with Crippen LogP contribution >= 0.6 is 22.6 Å². The van der Waals surface area contributed by atoms with Crippen molar-refractivity contribution in [3.63, 3.8) is 0 Å². The molecule has 0 unspecified atom stereocenters. The van der Waals surface area contributed by atoms with Crippen LogP contribution in [0, 0.1) is 33.2 Å². The van der Waals surface area contributed by atoms with Gasteiger partial charge in [-0.2, -0.15) is 10.5 Å². The molecule has 0 radical (unpaired) electrons. The van der Waals surface area contributed by atoms with Crippen LogP contribution in [0.3, 0.4) is 0 Å². The molecular formula is C19H15IN2O2. The Morgan fingerprint density at radius 1 is 1.17 bits per heavy atom. The van der Waals surface area contributed by atoms with Gasteiger partial charge in [0.1, 0.15) is 24.3 Å². The minimum atomic E-state index is 0.0428. The molecular weight excluding hydrogens is 415 g/mol. The summed E-state index contributed by atoms with van der Waals surface area (Å²) >= 11 is 2.15. The highest BCUT2D eigenvalue weighted by Crippen LogP contribution is 2.35. The predicted molar refractivity (Wildman–Crippen MR) is 100 cm³/mol. The minimum absolute atomic E-state index is 0.0428. The fourth-order valence-corrected chi connectivity index (χ4v) is 2.84. The molecule has 0 bridgehead atoms. The summed E-state index contributed by atoms with van der Waals surface area (Å²) in [6.45, 7) is 2.48. The second-order valence-corrected chi connectivity index (χ2v) is 6.25. The van der Waals surface area contributed by atoms with Crippen LogP contribution in [-0.2, 0) is 6.61 Å². The Balaban J connectivity index is 2.27. The van der Waals surface area contributed by atoms with E-state index in [1.807, 2.05) is 49.4 Å². The van der Waals surface area contributed by atoms with Gasteiger partial charge in [0.25, 0.3) is 0 Å². The van der Waals surface area contributed by atoms with Gasteiger partial charge in [0, 0.05) is 0 Å². The Bertz CT molecular complexity index is 827. The summed E-state index contributed by atoms with van der Waals surface area (Å²) in [6, 6.07) is 15.4. The number of rotatable bonds is 5. The fraction of sp³-hybridized carbons (Fsp3) is 0.158. The van der Waals surface area contributed by atoms with Gasteiger partial charge in [0.15, 0.2) is 11.5 Å². The van der Waals surface area contributed by atoms with E-state index in [1.54, 1.807) is 13.2 Å². The lowest BCUT2D eigenvalue weighted by atomic mass is 10.1. The molecule has 0 heterocycles. The molecule has 24 heavy (non-hydrogen) atoms. The molecule has 0 amide bonds. The van der Waals surface area contributed by atoms with Crippen LogP contribution in [0.5, 0.6) is 11.5 Å². The van der Waals surface area contributed by atoms with Crippen molar-refractivity contribution in [2.24, 2.45) is 0 Å². The average molecular weight is 430 g/mol. The van der Waals surface area contributed by atoms with E-state index in [4.69, 9.17) is 20.0 Å². The SMILES string of the molecule is COc1cc(C=C(C#N)C#N)cc(I)c1OCc1ccc(C)cc1. The molecule has 0 atom stereocenters. The van der Waals surface area contributed by atoms with Gasteiger partial charge in [0.2, 0.25) is 0 Å². The van der Waals surface area contributed by atoms with Gasteiger partial charge < -0.3 is 9.47 Å². The van der Waals surface area contributed by atoms with E-state index < -0.39 is 0 Å². The smallest absolute Gasteiger partial charge is 0.174 e. The summed E-state index contributed by atoms with van der Waals surface area (Å²) in [6.07, 6.45) is 1.52. The summed E-state index contributed by atoms with van der Waals surface area (Å²) in [7, 11) is 1.56. The number of hydrogen-bond donors (Lipinski definition) is 0. The third kappa shape index (κ3) is 4.50. The maximum atomic E-state index is 8.87. The van der Waals surface area contributed by atoms with Crippen LogP contribution in [0.4, 0.5) is 0 Å². The van der Waals surface area contributed by atoms with Crippen LogP contribution in [0.2, 0.25) is 0 Å². The van der Waals surface area contributed by atoms with Gasteiger partial charge in [-0.25, -0.2) is 0 Å². The number of allylic oxidation sites excluding steroid dienone is 1. The number of hydrogen-bond acceptors (Lipinski definition) is 4. The van der Waals surface area contributed by atoms with Crippen molar-refractivity contribution < 1.29 is 9.47 Å². The number of nitriles is 2. The summed E-state index contributed by atoms with van der Waals surface area (Å²) < 4.78 is 12.2. The van der Waals surface area contributed by atoms with E-state index in [1.165, 1.54) is 11.6 Å². The molecule has 0 spiro atoms. The second kappa shape index (κ2) is 8.37. The van der Waals surface area contributed by atoms with Gasteiger partial charge in [-0.15, -0.1) is 0 Å². The lowest BCUT2D eigenvalue weighted by molar-refractivity contribution is 0.282. The molecule has 0 aliphatic heterocycles. The zero-order valence-electron chi connectivity index (χ0n) is 13.3. The topological polar surface area (TPSA) is 66.0 Å². The molecule has 2 aromatic rings. The molecule has 120 valence electrons. The van der Waals surface area contributed by atoms with Gasteiger partial charge in [0.05, 0.1) is 10.7 Å². The van der Waals surface area contributed by atoms with E-state index in [-0.39, 0.29) is 5.57 Å². The number of benzene rings is 2. The zero-order valence-corrected chi connectivity index (χ0v) is 15.5. The summed E-state index contributed by atoms with van der Waals surface area (Å²) in [5, 5.41) is 17.7. The number of nitrogens with zero attached hydrogens (tertiary/aromatic N) is 2. The standard InChI is InChI=1S/C19H15IN2O2/c1-13-3-5-14(6-4-13)12-24-19-17(20)8-15(9-18(19)23-2)7-16(10-21)11-22/h3-9H,12H2,1-2H3. The molecule has 2 rings (SSSR count). The fourth-order valence-electron chi connectivity index (χ4n) is 2.06. The molecule has 0 aromatic heterocycles. The lowest BCUT2D eigenvalue weighted by Crippen LogP contribution is -2.00. The van der Waals surface area contributed by atoms with Crippen LogP contribution in [0.25, 0.3) is 6.08 Å². The summed E-state index contributed by atoms with van der Waals surface area (Å²) in [5.74, 6) is 1.21. The van der Waals surface area contributed by atoms with Crippen molar-refractivity contribution in [1.82, 2.24) is 0 Å². The number of ether oxygens (including phenoxy) is 2. The first-order valence-electron chi connectivity index (χ1n) is 7.15. The van der Waals surface area contributed by atoms with Crippen molar-refractivity contribution in [1.29, 1.82) is 10.5 Å². The highest BCUT2D eigenvalue weighted by Gasteiger charge is 2.12. The summed E-state index contributed by atoms with van der Waals surface area (Å²) in [4.78, 5) is 0. The highest BCUT2D eigenvalue weighted by atomic mass is 127. The lowest BCUT2D eigenvalue weighted by Gasteiger charge is -2.14. The number of halogens is 1. The van der Waals surface area contributed by atoms with Crippen molar-refractivity contribution in [3.05, 3.63) is 62.2 Å². The molecule has 2 aromatic carbocycles. The Labute approximate surface area is 155 Å². The molecule has 0 aliphatic carbocycles. The van der Waals surface area contributed by atoms with Gasteiger partial charge in [-0.3, -0.25) is 0 Å². The van der Waals surface area contributed by atoms with Gasteiger partial charge in [-0.1, -0.05) is 29.8 Å². The highest BCUT2D eigenvalue weighted by molar-refractivity contribution is 14.1. The van der Waals surface area contributed by atoms with Crippen molar-refractivity contribution >= 4 is 28.7 Å². The van der Waals surface area contributed by atoms with Crippen molar-refractivity contribution in [2.75, 3.05) is 7.11 Å². The maximum Gasteiger partial charge on any atom is 0.174 e. The molecule has 0 saturated carbocycles. The third-order valence-electron chi connectivity index (χ3n) is 3.31. The monoisotopic (exact) mass is 430 g/mol. The van der Waals surface area contributed by atoms with Crippen molar-refractivity contribution in [3.8, 4) is 23.6 Å². The first kappa shape index (κ1) is 17.8. The Morgan fingerprint density at radius 2 is 1.83 bits per heavy atom. The van der Waals surface area contributed by atoms with Crippen LogP contribution < -0.4 is 9.47 Å². The molecule has 0 aliphatic rings. The molecule has 0 saturated heterocycles. The molecule has 4 nitrogen and oxygen atoms in total. The number of methoxy groups -OCH3 is 1. The Hall–Kier alpha value is -2.51. The zero-order chi connectivity index (χ0) is 17.5. The van der Waals surface area contributed by atoms with E-state index in [9.17, 15) is 0 Å². The van der Waals surface area contributed by atoms with E-state index in [2.05, 4.69) is 22.6 Å². The Kier molecular flexibility index (Phi) is 6.22. The normalized spacial score (nSPS) is 9.54. The van der Waals surface area contributed by atoms with Gasteiger partial charge >= 0.3 is 0 Å². The van der Waals surface area contributed by atoms with Crippen LogP contribution in [0.1, 0.15) is 16.7 Å². The largest absolute Gasteiger partial charge is 0.493 e. The first-order chi connectivity index (χ1) is 11.6. The quantitative estimate of drug-likeness (QED) is 0.513. The van der Waals surface area contributed by atoms with E-state index in [0.29, 0.717) is 18.1 Å². The number of aryl methyl sites for hydroxylation is 1. The van der Waals surface area contributed by atoms with E-state index in [0.717, 1.165) is 14.7 Å². The van der Waals surface area contributed by atoms with E-state index >= 15 is 0 Å². The summed E-state index contributed by atoms with van der Waals surface area (Å²) in [5.41, 5.74) is 3.03. The first-order valence-corrected chi connectivity index (χ1v) is 8.23. The van der Waals surface area contributed by atoms with Crippen molar-refractivity contribution in [2.45, 2.75) is 13.5 Å². The molecule has 0 fully saturated rings. The van der Waals surface area contributed by atoms with Crippen LogP contribution in [0.15, 0.2) is 42.0 Å². The molecule has 5 heteroatoms. The maximum absolute atomic E-state index is 8.87. The third-order valence-corrected chi connectivity index (χ3v) is 4.11. The minimum Gasteiger partial charge on any atom is -0.493 e. The van der Waals surface area contributed by atoms with Crippen LogP contribution in [-0.4, -0.2) is 7.11 Å².